The van der Waals surface area contributed by atoms with Gasteiger partial charge in [-0.3, -0.25) is 23.4 Å². The number of allylic oxidation sites excluding steroid dienone is 9. The first kappa shape index (κ1) is 67.2. The fourth-order valence-corrected chi connectivity index (χ4v) is 8.51. The highest BCUT2D eigenvalue weighted by molar-refractivity contribution is 7.47. The molecular formula is C58H103O11P. The van der Waals surface area contributed by atoms with Gasteiger partial charge in [0.25, 0.3) is 0 Å². The number of hydrogen-bond donors (Lipinski definition) is 2. The van der Waals surface area contributed by atoms with Crippen molar-refractivity contribution in [1.29, 1.82) is 0 Å². The highest BCUT2D eigenvalue weighted by Gasteiger charge is 2.28. The van der Waals surface area contributed by atoms with Crippen molar-refractivity contribution in [2.45, 2.75) is 264 Å². The molecule has 70 heavy (non-hydrogen) atoms. The number of phosphoric acid groups is 1. The van der Waals surface area contributed by atoms with Crippen LogP contribution in [-0.4, -0.2) is 66.5 Å². The van der Waals surface area contributed by atoms with Crippen molar-refractivity contribution in [3.63, 3.8) is 0 Å². The quantitative estimate of drug-likeness (QED) is 0.0197. The van der Waals surface area contributed by atoms with Crippen LogP contribution in [0.2, 0.25) is 0 Å². The first-order chi connectivity index (χ1) is 34.2. The summed E-state index contributed by atoms with van der Waals surface area (Å²) in [5, 5.41) is 9.76. The first-order valence-corrected chi connectivity index (χ1v) is 29.7. The minimum atomic E-state index is -4.76. The molecule has 0 aromatic heterocycles. The van der Waals surface area contributed by atoms with Crippen LogP contribution in [0.25, 0.3) is 0 Å². The van der Waals surface area contributed by atoms with E-state index in [2.05, 4.69) is 63.3 Å². The van der Waals surface area contributed by atoms with Gasteiger partial charge in [-0.2, -0.15) is 0 Å². The second-order valence-corrected chi connectivity index (χ2v) is 20.2. The highest BCUT2D eigenvalue weighted by atomic mass is 31.2. The third kappa shape index (κ3) is 50.1. The van der Waals surface area contributed by atoms with Gasteiger partial charge in [-0.1, -0.05) is 248 Å². The predicted molar refractivity (Wildman–Crippen MR) is 288 cm³/mol. The van der Waals surface area contributed by atoms with E-state index in [0.29, 0.717) is 19.3 Å². The molecule has 0 amide bonds. The van der Waals surface area contributed by atoms with Crippen molar-refractivity contribution in [3.8, 4) is 0 Å². The van der Waals surface area contributed by atoms with E-state index < -0.39 is 57.8 Å². The number of esters is 3. The van der Waals surface area contributed by atoms with Crippen molar-refractivity contribution >= 4 is 25.7 Å². The molecule has 0 saturated carbocycles. The molecule has 2 N–H and O–H groups in total. The number of aliphatic hydroxyl groups excluding tert-OH is 1. The maximum atomic E-state index is 12.9. The number of unbranched alkanes of at least 4 members (excludes halogenated alkanes) is 26. The van der Waals surface area contributed by atoms with E-state index in [0.717, 1.165) is 64.2 Å². The normalized spacial score (nSPS) is 13.8. The topological polar surface area (TPSA) is 155 Å². The fraction of sp³-hybridized carbons (Fsp3) is 0.776. The zero-order chi connectivity index (χ0) is 51.3. The molecule has 12 heteroatoms. The van der Waals surface area contributed by atoms with Crippen molar-refractivity contribution in [2.24, 2.45) is 0 Å². The molecule has 0 saturated heterocycles. The maximum Gasteiger partial charge on any atom is 0.472 e. The number of carbonyl (C=O) groups is 3. The molecule has 0 heterocycles. The van der Waals surface area contributed by atoms with Gasteiger partial charge in [-0.05, 0) is 44.9 Å². The second kappa shape index (κ2) is 52.5. The van der Waals surface area contributed by atoms with Crippen molar-refractivity contribution < 1.29 is 52.2 Å². The number of aliphatic hydroxyl groups is 1. The van der Waals surface area contributed by atoms with Crippen molar-refractivity contribution in [1.82, 2.24) is 0 Å². The summed E-state index contributed by atoms with van der Waals surface area (Å²) in [5.41, 5.74) is 0. The average Bonchev–Trinajstić information content (AvgIpc) is 3.35. The van der Waals surface area contributed by atoms with Crippen LogP contribution in [0, 0.1) is 0 Å². The zero-order valence-electron chi connectivity index (χ0n) is 44.7. The van der Waals surface area contributed by atoms with E-state index in [4.69, 9.17) is 23.3 Å². The second-order valence-electron chi connectivity index (χ2n) is 18.8. The number of ether oxygens (including phenoxy) is 3. The van der Waals surface area contributed by atoms with Gasteiger partial charge in [0, 0.05) is 12.8 Å². The molecule has 0 aromatic rings. The van der Waals surface area contributed by atoms with Crippen LogP contribution in [0.4, 0.5) is 0 Å². The summed E-state index contributed by atoms with van der Waals surface area (Å²) < 4.78 is 39.3. The van der Waals surface area contributed by atoms with E-state index in [9.17, 15) is 28.9 Å². The molecule has 0 rings (SSSR count). The lowest BCUT2D eigenvalue weighted by molar-refractivity contribution is -0.161. The summed E-state index contributed by atoms with van der Waals surface area (Å²) in [5.74, 6) is -1.61. The number of carbonyl (C=O) groups excluding carboxylic acids is 3. The van der Waals surface area contributed by atoms with E-state index in [1.54, 1.807) is 6.08 Å². The highest BCUT2D eigenvalue weighted by Crippen LogP contribution is 2.43. The van der Waals surface area contributed by atoms with Gasteiger partial charge in [0.2, 0.25) is 0 Å². The summed E-state index contributed by atoms with van der Waals surface area (Å²) in [6.45, 7) is 4.42. The van der Waals surface area contributed by atoms with E-state index >= 15 is 0 Å². The third-order valence-corrected chi connectivity index (χ3v) is 12.9. The molecule has 0 aliphatic heterocycles. The minimum absolute atomic E-state index is 0.00357. The molecule has 406 valence electrons. The largest absolute Gasteiger partial charge is 0.472 e. The van der Waals surface area contributed by atoms with E-state index in [1.807, 2.05) is 12.2 Å². The average molecular weight is 1010 g/mol. The molecular weight excluding hydrogens is 904 g/mol. The Kier molecular flexibility index (Phi) is 50.4. The van der Waals surface area contributed by atoms with Crippen LogP contribution in [0.3, 0.4) is 0 Å². The molecule has 0 bridgehead atoms. The molecule has 11 nitrogen and oxygen atoms in total. The monoisotopic (exact) mass is 1010 g/mol. The molecule has 0 spiro atoms. The van der Waals surface area contributed by atoms with E-state index in [1.165, 1.54) is 128 Å². The summed E-state index contributed by atoms with van der Waals surface area (Å²) in [7, 11) is -4.76. The lowest BCUT2D eigenvalue weighted by Crippen LogP contribution is -2.30. The Morgan fingerprint density at radius 1 is 0.414 bits per heavy atom. The SMILES string of the molecule is CC/C=C\C/C=C\C/C=C\C/C=C\C/C=C\CC(=O)OCC(COP(=O)(O)OCC(CO)OC(=O)CCCCCCCCCCC)OC(=O)CCCCCCCCCCCCCCCCCCCCC. The Morgan fingerprint density at radius 2 is 0.729 bits per heavy atom. The van der Waals surface area contributed by atoms with Gasteiger partial charge in [0.15, 0.2) is 6.10 Å². The molecule has 0 radical (unpaired) electrons. The third-order valence-electron chi connectivity index (χ3n) is 12.0. The smallest absolute Gasteiger partial charge is 0.461 e. The maximum absolute atomic E-state index is 12.9. The number of rotatable bonds is 52. The van der Waals surface area contributed by atoms with Gasteiger partial charge >= 0.3 is 25.7 Å². The Bertz CT molecular complexity index is 1410. The molecule has 3 atom stereocenters. The van der Waals surface area contributed by atoms with Crippen molar-refractivity contribution in [2.75, 3.05) is 26.4 Å². The Morgan fingerprint density at radius 3 is 1.09 bits per heavy atom. The fourth-order valence-electron chi connectivity index (χ4n) is 7.72. The minimum Gasteiger partial charge on any atom is -0.461 e. The predicted octanol–water partition coefficient (Wildman–Crippen LogP) is 16.4. The number of phosphoric ester groups is 1. The summed E-state index contributed by atoms with van der Waals surface area (Å²) >= 11 is 0. The Hall–Kier alpha value is -2.82. The summed E-state index contributed by atoms with van der Waals surface area (Å²) in [4.78, 5) is 48.3. The van der Waals surface area contributed by atoms with Gasteiger partial charge < -0.3 is 24.2 Å². The molecule has 3 unspecified atom stereocenters. The lowest BCUT2D eigenvalue weighted by atomic mass is 10.0. The van der Waals surface area contributed by atoms with Crippen LogP contribution in [0.15, 0.2) is 60.8 Å². The number of hydrogen-bond acceptors (Lipinski definition) is 10. The van der Waals surface area contributed by atoms with Crippen LogP contribution >= 0.6 is 7.82 Å². The van der Waals surface area contributed by atoms with Crippen LogP contribution in [0.5, 0.6) is 0 Å². The Labute approximate surface area is 427 Å². The molecule has 0 aliphatic rings. The van der Waals surface area contributed by atoms with Gasteiger partial charge in [-0.25, -0.2) is 4.57 Å². The lowest BCUT2D eigenvalue weighted by Gasteiger charge is -2.21. The van der Waals surface area contributed by atoms with Gasteiger partial charge in [-0.15, -0.1) is 0 Å². The summed E-state index contributed by atoms with van der Waals surface area (Å²) in [6.07, 6.45) is 56.6. The van der Waals surface area contributed by atoms with Crippen molar-refractivity contribution in [3.05, 3.63) is 60.8 Å². The van der Waals surface area contributed by atoms with E-state index in [-0.39, 0.29) is 25.9 Å². The zero-order valence-corrected chi connectivity index (χ0v) is 45.6. The van der Waals surface area contributed by atoms with Crippen LogP contribution in [0.1, 0.15) is 252 Å². The standard InChI is InChI=1S/C58H103O11P/c1-4-7-10-13-16-19-21-23-25-26-27-28-30-32-34-37-40-43-46-49-58(62)69-55(51-65-56(60)47-44-41-38-36-33-31-29-24-22-20-17-14-11-8-5-2)53-67-70(63,64)66-52-54(50-59)68-57(61)48-45-42-39-35-18-15-12-9-6-3/h8,11,17,20,24,29,33,36,41,44,54-55,59H,4-7,9-10,12-16,18-19,21-23,25-28,30-32,34-35,37-40,42-43,45-53H2,1-3H3,(H,63,64)/b11-8-,20-17-,29-24-,36-33-,44-41-. The van der Waals surface area contributed by atoms with Crippen LogP contribution < -0.4 is 0 Å². The first-order valence-electron chi connectivity index (χ1n) is 28.2. The molecule has 0 fully saturated rings. The summed E-state index contributed by atoms with van der Waals surface area (Å²) in [6, 6.07) is 0. The Balaban J connectivity index is 4.78. The van der Waals surface area contributed by atoms with Crippen LogP contribution in [-0.2, 0) is 42.2 Å². The van der Waals surface area contributed by atoms with Gasteiger partial charge in [0.1, 0.15) is 12.7 Å². The molecule has 0 aliphatic carbocycles. The van der Waals surface area contributed by atoms with Gasteiger partial charge in [0.05, 0.1) is 26.2 Å². The molecule has 0 aromatic carbocycles.